The summed E-state index contributed by atoms with van der Waals surface area (Å²) in [5, 5.41) is 0. The van der Waals surface area contributed by atoms with E-state index in [9.17, 15) is 4.57 Å². The quantitative estimate of drug-likeness (QED) is 0.410. The summed E-state index contributed by atoms with van der Waals surface area (Å²) in [7, 11) is -1.98. The first kappa shape index (κ1) is 12.3. The zero-order valence-electron chi connectivity index (χ0n) is 9.56. The molecule has 1 rings (SSSR count). The Kier molecular flexibility index (Phi) is 3.54. The van der Waals surface area contributed by atoms with E-state index in [4.69, 9.17) is 11.6 Å². The Balaban J connectivity index is 2.70. The molecule has 1 aliphatic heterocycles. The first-order valence-electron chi connectivity index (χ1n) is 5.06. The van der Waals surface area contributed by atoms with Crippen molar-refractivity contribution >= 4 is 18.7 Å². The van der Waals surface area contributed by atoms with Gasteiger partial charge < -0.3 is 4.57 Å². The van der Waals surface area contributed by atoms with Crippen molar-refractivity contribution in [1.82, 2.24) is 0 Å². The maximum Gasteiger partial charge on any atom is 0.0960 e. The Bertz CT molecular complexity index is 286. The van der Waals surface area contributed by atoms with Gasteiger partial charge in [0.15, 0.2) is 0 Å². The molecule has 0 aromatic carbocycles. The summed E-state index contributed by atoms with van der Waals surface area (Å²) in [5.74, 6) is 0.592. The van der Waals surface area contributed by atoms with E-state index in [0.29, 0.717) is 5.88 Å². The predicted molar refractivity (Wildman–Crippen MR) is 65.1 cm³/mol. The van der Waals surface area contributed by atoms with Gasteiger partial charge in [0.05, 0.1) is 7.14 Å². The molecule has 0 N–H and O–H groups in total. The van der Waals surface area contributed by atoms with E-state index in [1.165, 1.54) is 11.1 Å². The van der Waals surface area contributed by atoms with Gasteiger partial charge in [-0.1, -0.05) is 25.0 Å². The van der Waals surface area contributed by atoms with Crippen LogP contribution in [0, 0.1) is 5.41 Å². The molecule has 1 heterocycles. The summed E-state index contributed by atoms with van der Waals surface area (Å²) in [6, 6.07) is 0. The maximum absolute atomic E-state index is 12.5. The Hall–Kier alpha value is 0.260. The van der Waals surface area contributed by atoms with Gasteiger partial charge in [-0.15, -0.1) is 11.6 Å². The number of hydrogen-bond acceptors (Lipinski definition) is 1. The van der Waals surface area contributed by atoms with Gasteiger partial charge in [0, 0.05) is 24.4 Å². The number of rotatable bonds is 3. The third-order valence-corrected chi connectivity index (χ3v) is 7.11. The lowest BCUT2D eigenvalue weighted by Crippen LogP contribution is -2.20. The van der Waals surface area contributed by atoms with E-state index >= 15 is 0 Å². The van der Waals surface area contributed by atoms with Crippen molar-refractivity contribution in [3.63, 3.8) is 0 Å². The fourth-order valence-electron chi connectivity index (χ4n) is 2.12. The highest BCUT2D eigenvalue weighted by molar-refractivity contribution is 7.64. The second-order valence-electron chi connectivity index (χ2n) is 5.39. The van der Waals surface area contributed by atoms with Crippen LogP contribution in [0.4, 0.5) is 0 Å². The minimum absolute atomic E-state index is 0.0159. The molecule has 0 spiro atoms. The molecule has 82 valence electrons. The summed E-state index contributed by atoms with van der Waals surface area (Å²) in [5.41, 5.74) is 2.68. The summed E-state index contributed by atoms with van der Waals surface area (Å²) in [4.78, 5) is 0. The average Bonchev–Trinajstić information content (AvgIpc) is 2.24. The molecular weight excluding hydrogens is 215 g/mol. The zero-order chi connectivity index (χ0) is 11.0. The van der Waals surface area contributed by atoms with Crippen molar-refractivity contribution < 1.29 is 4.57 Å². The van der Waals surface area contributed by atoms with Crippen LogP contribution in [0.3, 0.4) is 0 Å². The van der Waals surface area contributed by atoms with Crippen LogP contribution in [0.25, 0.3) is 0 Å². The monoisotopic (exact) mass is 234 g/mol. The van der Waals surface area contributed by atoms with Gasteiger partial charge in [-0.25, -0.2) is 0 Å². The lowest BCUT2D eigenvalue weighted by atomic mass is 10.0. The zero-order valence-corrected chi connectivity index (χ0v) is 11.2. The second-order valence-corrected chi connectivity index (χ2v) is 8.72. The maximum atomic E-state index is 12.5. The fraction of sp³-hybridized carbons (Fsp3) is 0.818. The molecule has 0 bridgehead atoms. The Morgan fingerprint density at radius 2 is 1.71 bits per heavy atom. The molecule has 0 atom stereocenters. The third kappa shape index (κ3) is 2.87. The van der Waals surface area contributed by atoms with Gasteiger partial charge in [-0.3, -0.25) is 0 Å². The van der Waals surface area contributed by atoms with E-state index in [2.05, 4.69) is 27.7 Å². The van der Waals surface area contributed by atoms with Crippen molar-refractivity contribution in [3.05, 3.63) is 11.1 Å². The van der Waals surface area contributed by atoms with Crippen LogP contribution in [-0.2, 0) is 4.57 Å². The number of halogens is 1. The fourth-order valence-corrected chi connectivity index (χ4v) is 6.63. The van der Waals surface area contributed by atoms with Crippen molar-refractivity contribution in [2.75, 3.05) is 24.4 Å². The first-order valence-corrected chi connectivity index (χ1v) is 7.86. The van der Waals surface area contributed by atoms with Crippen molar-refractivity contribution in [3.8, 4) is 0 Å². The molecule has 0 saturated carbocycles. The molecule has 0 aromatic heterocycles. The summed E-state index contributed by atoms with van der Waals surface area (Å²) in [6.45, 7) is 8.40. The molecule has 0 aromatic rings. The Morgan fingerprint density at radius 1 is 1.29 bits per heavy atom. The van der Waals surface area contributed by atoms with Gasteiger partial charge in [-0.05, 0) is 19.3 Å². The standard InChI is InChI=1S/C11H20ClOP/c1-9-5-14(13,6-10(9)2)8-11(3,4)7-12/h5-8H2,1-4H3. The molecule has 0 radical (unpaired) electrons. The van der Waals surface area contributed by atoms with E-state index < -0.39 is 7.14 Å². The molecule has 0 unspecified atom stereocenters. The van der Waals surface area contributed by atoms with Crippen LogP contribution in [0.2, 0.25) is 0 Å². The second kappa shape index (κ2) is 4.02. The molecule has 1 aliphatic rings. The van der Waals surface area contributed by atoms with Gasteiger partial charge in [-0.2, -0.15) is 0 Å². The SMILES string of the molecule is CC1=C(C)CP(=O)(CC(C)(C)CCl)C1. The lowest BCUT2D eigenvalue weighted by Gasteiger charge is -2.25. The van der Waals surface area contributed by atoms with E-state index in [1.807, 2.05) is 0 Å². The Morgan fingerprint density at radius 3 is 2.07 bits per heavy atom. The largest absolute Gasteiger partial charge is 0.323 e. The molecule has 0 amide bonds. The topological polar surface area (TPSA) is 17.1 Å². The molecule has 3 heteroatoms. The molecule has 14 heavy (non-hydrogen) atoms. The molecular formula is C11H20ClOP. The number of hydrogen-bond donors (Lipinski definition) is 0. The smallest absolute Gasteiger partial charge is 0.0960 e. The van der Waals surface area contributed by atoms with Crippen LogP contribution in [0.15, 0.2) is 11.1 Å². The van der Waals surface area contributed by atoms with Crippen molar-refractivity contribution in [2.24, 2.45) is 5.41 Å². The molecule has 1 nitrogen and oxygen atoms in total. The van der Waals surface area contributed by atoms with Gasteiger partial charge in [0.25, 0.3) is 0 Å². The normalized spacial score (nSPS) is 21.8. The van der Waals surface area contributed by atoms with Crippen LogP contribution in [0.5, 0.6) is 0 Å². The molecule has 0 fully saturated rings. The van der Waals surface area contributed by atoms with Gasteiger partial charge in [0.1, 0.15) is 0 Å². The van der Waals surface area contributed by atoms with Gasteiger partial charge >= 0.3 is 0 Å². The minimum atomic E-state index is -1.98. The summed E-state index contributed by atoms with van der Waals surface area (Å²) >= 11 is 5.87. The average molecular weight is 235 g/mol. The number of alkyl halides is 1. The van der Waals surface area contributed by atoms with E-state index in [-0.39, 0.29) is 5.41 Å². The highest BCUT2D eigenvalue weighted by Crippen LogP contribution is 2.57. The van der Waals surface area contributed by atoms with Gasteiger partial charge in [0.2, 0.25) is 0 Å². The first-order chi connectivity index (χ1) is 6.28. The van der Waals surface area contributed by atoms with E-state index in [1.54, 1.807) is 0 Å². The number of allylic oxidation sites excluding steroid dienone is 2. The molecule has 0 aliphatic carbocycles. The summed E-state index contributed by atoms with van der Waals surface area (Å²) < 4.78 is 12.5. The highest BCUT2D eigenvalue weighted by Gasteiger charge is 2.35. The highest BCUT2D eigenvalue weighted by atomic mass is 35.5. The molecule has 0 saturated heterocycles. The van der Waals surface area contributed by atoms with E-state index in [0.717, 1.165) is 18.5 Å². The predicted octanol–water partition coefficient (Wildman–Crippen LogP) is 3.96. The van der Waals surface area contributed by atoms with Crippen LogP contribution >= 0.6 is 18.7 Å². The van der Waals surface area contributed by atoms with Crippen LogP contribution in [-0.4, -0.2) is 24.4 Å². The van der Waals surface area contributed by atoms with Crippen LogP contribution in [0.1, 0.15) is 27.7 Å². The Labute approximate surface area is 92.3 Å². The summed E-state index contributed by atoms with van der Waals surface area (Å²) in [6.07, 6.45) is 2.43. The third-order valence-electron chi connectivity index (χ3n) is 2.86. The van der Waals surface area contributed by atoms with Crippen molar-refractivity contribution in [1.29, 1.82) is 0 Å². The minimum Gasteiger partial charge on any atom is -0.323 e. The van der Waals surface area contributed by atoms with Crippen molar-refractivity contribution in [2.45, 2.75) is 27.7 Å². The van der Waals surface area contributed by atoms with Crippen LogP contribution < -0.4 is 0 Å². The lowest BCUT2D eigenvalue weighted by molar-refractivity contribution is 0.469.